The molecule has 0 aromatic rings. The lowest BCUT2D eigenvalue weighted by molar-refractivity contribution is -0.154. The molecule has 0 spiro atoms. The van der Waals surface area contributed by atoms with Crippen LogP contribution in [0.3, 0.4) is 0 Å². The molecular weight excluding hydrogens is 332 g/mol. The van der Waals surface area contributed by atoms with Crippen LogP contribution in [0.2, 0.25) is 0 Å². The van der Waals surface area contributed by atoms with Crippen molar-refractivity contribution in [3.05, 3.63) is 0 Å². The predicted molar refractivity (Wildman–Crippen MR) is 87.6 cm³/mol. The molecule has 0 atom stereocenters. The first-order chi connectivity index (χ1) is 8.16. The largest absolute Gasteiger partial charge is 0.460 e. The molecule has 0 N–H and O–H groups in total. The third-order valence-corrected chi connectivity index (χ3v) is 5.84. The molecule has 0 rings (SSSR count). The first-order valence-electron chi connectivity index (χ1n) is 6.25. The third kappa shape index (κ3) is 11.7. The normalized spacial score (nSPS) is 12.6. The van der Waals surface area contributed by atoms with Crippen molar-refractivity contribution in [3.63, 3.8) is 0 Å². The molecule has 5 heteroatoms. The molecule has 18 heavy (non-hydrogen) atoms. The molecule has 0 radical (unpaired) electrons. The van der Waals surface area contributed by atoms with E-state index in [1.54, 1.807) is 0 Å². The van der Waals surface area contributed by atoms with E-state index in [-0.39, 0.29) is 11.6 Å². The maximum absolute atomic E-state index is 11.5. The van der Waals surface area contributed by atoms with Crippen molar-refractivity contribution < 1.29 is 9.53 Å². The van der Waals surface area contributed by atoms with Crippen LogP contribution in [0.25, 0.3) is 0 Å². The highest BCUT2D eigenvalue weighted by Gasteiger charge is 2.18. The minimum Gasteiger partial charge on any atom is -0.460 e. The van der Waals surface area contributed by atoms with Crippen LogP contribution in [-0.2, 0) is 9.53 Å². The summed E-state index contributed by atoms with van der Waals surface area (Å²) in [6.07, 6.45) is 2.55. The summed E-state index contributed by atoms with van der Waals surface area (Å²) in [5.41, 5.74) is -0.364. The van der Waals surface area contributed by atoms with E-state index >= 15 is 0 Å². The number of ether oxygens (including phenoxy) is 1. The lowest BCUT2D eigenvalue weighted by atomic mass is 10.1. The van der Waals surface area contributed by atoms with Gasteiger partial charge in [-0.1, -0.05) is 37.5 Å². The molecule has 0 unspecified atom stereocenters. The van der Waals surface area contributed by atoms with Gasteiger partial charge in [-0.25, -0.2) is 0 Å². The van der Waals surface area contributed by atoms with Crippen LogP contribution in [0.15, 0.2) is 0 Å². The summed E-state index contributed by atoms with van der Waals surface area (Å²) in [6, 6.07) is 0. The highest BCUT2D eigenvalue weighted by molar-refractivity contribution is 9.09. The van der Waals surface area contributed by atoms with Crippen LogP contribution in [0, 0.1) is 0 Å². The number of esters is 1. The van der Waals surface area contributed by atoms with E-state index in [1.807, 2.05) is 42.4 Å². The molecule has 0 aliphatic carbocycles. The Morgan fingerprint density at radius 3 is 2.33 bits per heavy atom. The van der Waals surface area contributed by atoms with Crippen LogP contribution < -0.4 is 0 Å². The molecule has 108 valence electrons. The van der Waals surface area contributed by atoms with Gasteiger partial charge in [0, 0.05) is 22.3 Å². The van der Waals surface area contributed by atoms with Crippen LogP contribution in [-0.4, -0.2) is 27.4 Å². The summed E-state index contributed by atoms with van der Waals surface area (Å²) < 4.78 is 5.55. The standard InChI is InChI=1S/C13H25BrO2S2/c1-12(2,3)16-11(15)7-6-10-17-18-13(4,5)8-9-14/h6-10H2,1-5H3. The monoisotopic (exact) mass is 356 g/mol. The highest BCUT2D eigenvalue weighted by atomic mass is 79.9. The lowest BCUT2D eigenvalue weighted by Gasteiger charge is -2.22. The molecule has 0 aliphatic heterocycles. The van der Waals surface area contributed by atoms with E-state index in [4.69, 9.17) is 4.74 Å². The number of carbonyl (C=O) groups excluding carboxylic acids is 1. The number of halogens is 1. The van der Waals surface area contributed by atoms with E-state index in [9.17, 15) is 4.79 Å². The van der Waals surface area contributed by atoms with Gasteiger partial charge in [-0.15, -0.1) is 0 Å². The zero-order valence-corrected chi connectivity index (χ0v) is 15.3. The fraction of sp³-hybridized carbons (Fsp3) is 0.923. The number of alkyl halides is 1. The number of hydrogen-bond donors (Lipinski definition) is 0. The van der Waals surface area contributed by atoms with Crippen molar-refractivity contribution in [2.75, 3.05) is 11.1 Å². The average Bonchev–Trinajstić information content (AvgIpc) is 2.13. The fourth-order valence-corrected chi connectivity index (χ4v) is 5.05. The molecule has 0 aromatic heterocycles. The molecule has 0 saturated heterocycles. The molecule has 0 fully saturated rings. The Balaban J connectivity index is 3.60. The Labute approximate surface area is 128 Å². The lowest BCUT2D eigenvalue weighted by Crippen LogP contribution is -2.23. The highest BCUT2D eigenvalue weighted by Crippen LogP contribution is 2.38. The number of carbonyl (C=O) groups is 1. The molecule has 0 heterocycles. The van der Waals surface area contributed by atoms with Crippen molar-refractivity contribution in [1.82, 2.24) is 0 Å². The molecule has 0 bridgehead atoms. The molecule has 0 amide bonds. The maximum atomic E-state index is 11.5. The summed E-state index contributed by atoms with van der Waals surface area (Å²) in [5.74, 6) is 0.906. The fourth-order valence-electron chi connectivity index (χ4n) is 1.14. The van der Waals surface area contributed by atoms with E-state index < -0.39 is 0 Å². The molecule has 0 aliphatic rings. The van der Waals surface area contributed by atoms with Crippen molar-refractivity contribution in [2.24, 2.45) is 0 Å². The van der Waals surface area contributed by atoms with Gasteiger partial charge in [-0.2, -0.15) is 0 Å². The van der Waals surface area contributed by atoms with Crippen LogP contribution in [0.5, 0.6) is 0 Å². The van der Waals surface area contributed by atoms with Crippen molar-refractivity contribution in [3.8, 4) is 0 Å². The minimum atomic E-state index is -0.364. The van der Waals surface area contributed by atoms with Crippen LogP contribution in [0.1, 0.15) is 53.9 Å². The zero-order chi connectivity index (χ0) is 14.2. The SMILES string of the molecule is CC(C)(C)OC(=O)CCCSSC(C)(C)CCBr. The Hall–Kier alpha value is 0.650. The second-order valence-electron chi connectivity index (χ2n) is 5.79. The first-order valence-corrected chi connectivity index (χ1v) is 9.69. The maximum Gasteiger partial charge on any atom is 0.306 e. The summed E-state index contributed by atoms with van der Waals surface area (Å²) in [6.45, 7) is 10.2. The second kappa shape index (κ2) is 8.75. The summed E-state index contributed by atoms with van der Waals surface area (Å²) in [7, 11) is 3.75. The first kappa shape index (κ1) is 18.7. The Bertz CT molecular complexity index is 250. The summed E-state index contributed by atoms with van der Waals surface area (Å²) in [4.78, 5) is 11.5. The van der Waals surface area contributed by atoms with Crippen LogP contribution in [0.4, 0.5) is 0 Å². The third-order valence-electron chi connectivity index (χ3n) is 2.01. The summed E-state index contributed by atoms with van der Waals surface area (Å²) >= 11 is 3.47. The quantitative estimate of drug-likeness (QED) is 0.263. The van der Waals surface area contributed by atoms with Gasteiger partial charge in [0.15, 0.2) is 0 Å². The average molecular weight is 357 g/mol. The van der Waals surface area contributed by atoms with Gasteiger partial charge < -0.3 is 4.74 Å². The van der Waals surface area contributed by atoms with Crippen LogP contribution >= 0.6 is 37.5 Å². The Morgan fingerprint density at radius 1 is 1.22 bits per heavy atom. The van der Waals surface area contributed by atoms with Gasteiger partial charge in [-0.05, 0) is 47.5 Å². The van der Waals surface area contributed by atoms with Crippen molar-refractivity contribution in [1.29, 1.82) is 0 Å². The zero-order valence-electron chi connectivity index (χ0n) is 12.0. The second-order valence-corrected chi connectivity index (χ2v) is 9.71. The molecule has 2 nitrogen and oxygen atoms in total. The molecule has 0 aromatic carbocycles. The number of rotatable bonds is 8. The predicted octanol–water partition coefficient (Wildman–Crippen LogP) is 5.05. The van der Waals surface area contributed by atoms with Gasteiger partial charge >= 0.3 is 5.97 Å². The Kier molecular flexibility index (Phi) is 9.06. The van der Waals surface area contributed by atoms with Gasteiger partial charge in [0.05, 0.1) is 0 Å². The molecule has 0 saturated carbocycles. The van der Waals surface area contributed by atoms with E-state index in [0.717, 1.165) is 23.9 Å². The van der Waals surface area contributed by atoms with E-state index in [0.29, 0.717) is 11.2 Å². The number of hydrogen-bond acceptors (Lipinski definition) is 4. The molecular formula is C13H25BrO2S2. The topological polar surface area (TPSA) is 26.3 Å². The van der Waals surface area contributed by atoms with Gasteiger partial charge in [0.2, 0.25) is 0 Å². The van der Waals surface area contributed by atoms with Gasteiger partial charge in [-0.3, -0.25) is 4.79 Å². The van der Waals surface area contributed by atoms with Gasteiger partial charge in [0.25, 0.3) is 0 Å². The smallest absolute Gasteiger partial charge is 0.306 e. The van der Waals surface area contributed by atoms with Gasteiger partial charge in [0.1, 0.15) is 5.60 Å². The van der Waals surface area contributed by atoms with Crippen molar-refractivity contribution in [2.45, 2.75) is 64.2 Å². The van der Waals surface area contributed by atoms with E-state index in [2.05, 4.69) is 29.8 Å². The minimum absolute atomic E-state index is 0.0900. The van der Waals surface area contributed by atoms with E-state index in [1.165, 1.54) is 0 Å². The summed E-state index contributed by atoms with van der Waals surface area (Å²) in [5, 5.41) is 1.03. The van der Waals surface area contributed by atoms with Crippen molar-refractivity contribution >= 4 is 43.5 Å². The Morgan fingerprint density at radius 2 is 1.83 bits per heavy atom.